The van der Waals surface area contributed by atoms with Gasteiger partial charge < -0.3 is 4.74 Å². The van der Waals surface area contributed by atoms with Gasteiger partial charge in [-0.1, -0.05) is 61.5 Å². The van der Waals surface area contributed by atoms with Gasteiger partial charge in [-0.25, -0.2) is 4.79 Å². The molecule has 0 aromatic heterocycles. The highest BCUT2D eigenvalue weighted by Crippen LogP contribution is 2.47. The molecule has 0 saturated carbocycles. The number of hydrogen-bond acceptors (Lipinski definition) is 2. The molecule has 4 rings (SSSR count). The molecule has 122 valence electrons. The number of esters is 1. The van der Waals surface area contributed by atoms with E-state index in [1.807, 2.05) is 0 Å². The van der Waals surface area contributed by atoms with Gasteiger partial charge in [0.2, 0.25) is 0 Å². The maximum Gasteiger partial charge on any atom is 0.337 e. The summed E-state index contributed by atoms with van der Waals surface area (Å²) in [6.45, 7) is 2.19. The molecule has 2 heteroatoms. The Kier molecular flexibility index (Phi) is 3.76. The highest BCUT2D eigenvalue weighted by Gasteiger charge is 2.36. The van der Waals surface area contributed by atoms with Crippen LogP contribution in [0.2, 0.25) is 0 Å². The van der Waals surface area contributed by atoms with Crippen molar-refractivity contribution in [3.05, 3.63) is 71.3 Å². The Balaban J connectivity index is 1.76. The largest absolute Gasteiger partial charge is 0.465 e. The molecule has 0 unspecified atom stereocenters. The molecule has 0 heterocycles. The molecule has 2 aliphatic carbocycles. The predicted molar refractivity (Wildman–Crippen MR) is 96.8 cm³/mol. The molecule has 24 heavy (non-hydrogen) atoms. The average Bonchev–Trinajstić information content (AvgIpc) is 3.03. The van der Waals surface area contributed by atoms with Gasteiger partial charge in [0.25, 0.3) is 0 Å². The maximum absolute atomic E-state index is 12.2. The highest BCUT2D eigenvalue weighted by molar-refractivity contribution is 5.94. The van der Waals surface area contributed by atoms with E-state index in [2.05, 4.69) is 61.5 Å². The fourth-order valence-electron chi connectivity index (χ4n) is 4.37. The van der Waals surface area contributed by atoms with Crippen LogP contribution in [0.1, 0.15) is 31.2 Å². The number of methoxy groups -OCH3 is 1. The van der Waals surface area contributed by atoms with Crippen LogP contribution in [-0.2, 0) is 9.53 Å². The second kappa shape index (κ2) is 5.94. The number of rotatable bonds is 2. The first-order chi connectivity index (χ1) is 11.7. The standard InChI is InChI=1S/C22H22O2/c1-14-10-16-12-17(13-20(16)21(11-14)22(23)24-2)19-9-5-7-15-6-3-4-8-18(15)19/h3-9,11,13-14,16-17H,10,12H2,1-2H3/t14-,16+,17-/m1/s1. The van der Waals surface area contributed by atoms with Crippen molar-refractivity contribution in [3.8, 4) is 0 Å². The van der Waals surface area contributed by atoms with Gasteiger partial charge in [-0.15, -0.1) is 0 Å². The molecule has 2 aromatic carbocycles. The van der Waals surface area contributed by atoms with E-state index in [1.54, 1.807) is 0 Å². The minimum absolute atomic E-state index is 0.198. The Labute approximate surface area is 142 Å². The summed E-state index contributed by atoms with van der Waals surface area (Å²) in [6.07, 6.45) is 6.59. The third-order valence-electron chi connectivity index (χ3n) is 5.41. The Bertz CT molecular complexity index is 854. The van der Waals surface area contributed by atoms with Gasteiger partial charge in [-0.2, -0.15) is 0 Å². The van der Waals surface area contributed by atoms with E-state index < -0.39 is 0 Å². The van der Waals surface area contributed by atoms with E-state index in [9.17, 15) is 4.79 Å². The number of carbonyl (C=O) groups is 1. The molecule has 0 aliphatic heterocycles. The number of carbonyl (C=O) groups excluding carboxylic acids is 1. The van der Waals surface area contributed by atoms with Crippen LogP contribution in [0.15, 0.2) is 65.8 Å². The van der Waals surface area contributed by atoms with Gasteiger partial charge in [0, 0.05) is 5.92 Å². The highest BCUT2D eigenvalue weighted by atomic mass is 16.5. The van der Waals surface area contributed by atoms with Crippen molar-refractivity contribution in [1.82, 2.24) is 0 Å². The van der Waals surface area contributed by atoms with Crippen LogP contribution in [0.3, 0.4) is 0 Å². The summed E-state index contributed by atoms with van der Waals surface area (Å²) in [5, 5.41) is 2.59. The van der Waals surface area contributed by atoms with Crippen molar-refractivity contribution < 1.29 is 9.53 Å². The fraction of sp³-hybridized carbons (Fsp3) is 0.318. The first-order valence-electron chi connectivity index (χ1n) is 8.67. The van der Waals surface area contributed by atoms with Crippen molar-refractivity contribution in [2.24, 2.45) is 11.8 Å². The van der Waals surface area contributed by atoms with E-state index in [-0.39, 0.29) is 5.97 Å². The van der Waals surface area contributed by atoms with Crippen molar-refractivity contribution in [2.45, 2.75) is 25.7 Å². The fourth-order valence-corrected chi connectivity index (χ4v) is 4.37. The zero-order valence-corrected chi connectivity index (χ0v) is 14.2. The second-order valence-electron chi connectivity index (χ2n) is 7.01. The summed E-state index contributed by atoms with van der Waals surface area (Å²) in [5.74, 6) is 1.06. The van der Waals surface area contributed by atoms with Crippen LogP contribution in [0.4, 0.5) is 0 Å². The summed E-state index contributed by atoms with van der Waals surface area (Å²) in [6, 6.07) is 15.1. The zero-order valence-electron chi connectivity index (χ0n) is 14.2. The maximum atomic E-state index is 12.2. The molecule has 0 amide bonds. The van der Waals surface area contributed by atoms with E-state index in [0.717, 1.165) is 18.4 Å². The lowest BCUT2D eigenvalue weighted by Crippen LogP contribution is -2.19. The number of benzene rings is 2. The molecule has 0 radical (unpaired) electrons. The molecule has 2 aliphatic rings. The minimum atomic E-state index is -0.198. The first kappa shape index (κ1) is 15.2. The van der Waals surface area contributed by atoms with Crippen molar-refractivity contribution in [2.75, 3.05) is 7.11 Å². The molecule has 0 spiro atoms. The van der Waals surface area contributed by atoms with Gasteiger partial charge in [-0.05, 0) is 46.6 Å². The Morgan fingerprint density at radius 3 is 2.67 bits per heavy atom. The summed E-state index contributed by atoms with van der Waals surface area (Å²) in [7, 11) is 1.47. The molecular formula is C22H22O2. The molecule has 2 nitrogen and oxygen atoms in total. The van der Waals surface area contributed by atoms with E-state index >= 15 is 0 Å². The normalized spacial score (nSPS) is 25.8. The SMILES string of the molecule is COC(=O)C1=C[C@H](C)C[C@H]2C[C@@H](c3cccc4ccccc34)C=C12. The molecule has 3 atom stereocenters. The Hall–Kier alpha value is -2.35. The van der Waals surface area contributed by atoms with Gasteiger partial charge in [0.15, 0.2) is 0 Å². The van der Waals surface area contributed by atoms with E-state index in [4.69, 9.17) is 4.74 Å². The van der Waals surface area contributed by atoms with Gasteiger partial charge in [-0.3, -0.25) is 0 Å². The Morgan fingerprint density at radius 2 is 1.83 bits per heavy atom. The van der Waals surface area contributed by atoms with Crippen molar-refractivity contribution in [3.63, 3.8) is 0 Å². The summed E-state index contributed by atoms with van der Waals surface area (Å²) in [5.41, 5.74) is 3.34. The lowest BCUT2D eigenvalue weighted by molar-refractivity contribution is -0.136. The lowest BCUT2D eigenvalue weighted by atomic mass is 9.80. The monoisotopic (exact) mass is 318 g/mol. The van der Waals surface area contributed by atoms with E-state index in [0.29, 0.717) is 17.8 Å². The molecule has 0 N–H and O–H groups in total. The summed E-state index contributed by atoms with van der Waals surface area (Å²) >= 11 is 0. The van der Waals surface area contributed by atoms with E-state index in [1.165, 1.54) is 29.0 Å². The van der Waals surface area contributed by atoms with Crippen LogP contribution < -0.4 is 0 Å². The molecule has 0 bridgehead atoms. The number of hydrogen-bond donors (Lipinski definition) is 0. The summed E-state index contributed by atoms with van der Waals surface area (Å²) < 4.78 is 5.01. The smallest absolute Gasteiger partial charge is 0.337 e. The van der Waals surface area contributed by atoms with Crippen LogP contribution in [0.25, 0.3) is 10.8 Å². The predicted octanol–water partition coefficient (Wildman–Crippen LogP) is 5.01. The minimum Gasteiger partial charge on any atom is -0.465 e. The Morgan fingerprint density at radius 1 is 1.04 bits per heavy atom. The quantitative estimate of drug-likeness (QED) is 0.728. The van der Waals surface area contributed by atoms with Crippen LogP contribution in [-0.4, -0.2) is 13.1 Å². The molecule has 0 saturated heterocycles. The molecule has 2 aromatic rings. The second-order valence-corrected chi connectivity index (χ2v) is 7.01. The molecular weight excluding hydrogens is 296 g/mol. The van der Waals surface area contributed by atoms with Crippen molar-refractivity contribution in [1.29, 1.82) is 0 Å². The van der Waals surface area contributed by atoms with Gasteiger partial charge in [0.1, 0.15) is 0 Å². The molecule has 0 fully saturated rings. The van der Waals surface area contributed by atoms with Crippen LogP contribution >= 0.6 is 0 Å². The first-order valence-corrected chi connectivity index (χ1v) is 8.67. The number of fused-ring (bicyclic) bond motifs is 2. The third-order valence-corrected chi connectivity index (χ3v) is 5.41. The van der Waals surface area contributed by atoms with Crippen LogP contribution in [0.5, 0.6) is 0 Å². The lowest BCUT2D eigenvalue weighted by Gasteiger charge is -2.25. The van der Waals surface area contributed by atoms with Gasteiger partial charge in [0.05, 0.1) is 12.7 Å². The van der Waals surface area contributed by atoms with Gasteiger partial charge >= 0.3 is 5.97 Å². The summed E-state index contributed by atoms with van der Waals surface area (Å²) in [4.78, 5) is 12.2. The number of allylic oxidation sites excluding steroid dienone is 2. The third kappa shape index (κ3) is 2.47. The average molecular weight is 318 g/mol. The number of ether oxygens (including phenoxy) is 1. The zero-order chi connectivity index (χ0) is 16.7. The van der Waals surface area contributed by atoms with Crippen molar-refractivity contribution >= 4 is 16.7 Å². The topological polar surface area (TPSA) is 26.3 Å². The van der Waals surface area contributed by atoms with Crippen LogP contribution in [0, 0.1) is 11.8 Å².